The molecule has 0 radical (unpaired) electrons. The van der Waals surface area contributed by atoms with E-state index in [2.05, 4.69) is 14.2 Å². The monoisotopic (exact) mass is 116 g/mol. The lowest BCUT2D eigenvalue weighted by molar-refractivity contribution is 0.619. The Morgan fingerprint density at radius 2 is 2.57 bits per heavy atom. The van der Waals surface area contributed by atoms with Crippen LogP contribution in [-0.4, -0.2) is 4.98 Å². The summed E-state index contributed by atoms with van der Waals surface area (Å²) in [7, 11) is 2.29. The van der Waals surface area contributed by atoms with Crippen molar-refractivity contribution in [1.29, 1.82) is 0 Å². The van der Waals surface area contributed by atoms with Crippen molar-refractivity contribution < 1.29 is 4.42 Å². The van der Waals surface area contributed by atoms with Gasteiger partial charge in [-0.15, -0.1) is 0 Å². The molecule has 1 unspecified atom stereocenters. The number of anilines is 1. The maximum atomic E-state index is 5.14. The van der Waals surface area contributed by atoms with E-state index in [4.69, 9.17) is 10.2 Å². The van der Waals surface area contributed by atoms with Crippen LogP contribution in [0.5, 0.6) is 0 Å². The molecule has 2 N–H and O–H groups in total. The van der Waals surface area contributed by atoms with Gasteiger partial charge in [0.05, 0.1) is 6.20 Å². The molecule has 1 rings (SSSR count). The fraction of sp³-hybridized carbons (Fsp3) is 0. The molecule has 1 heterocycles. The van der Waals surface area contributed by atoms with E-state index in [1.807, 2.05) is 0 Å². The topological polar surface area (TPSA) is 52.0 Å². The van der Waals surface area contributed by atoms with Gasteiger partial charge in [-0.25, -0.2) is 4.98 Å². The van der Waals surface area contributed by atoms with Crippen LogP contribution in [0.4, 0.5) is 5.88 Å². The summed E-state index contributed by atoms with van der Waals surface area (Å²) in [5.41, 5.74) is 5.66. The zero-order valence-corrected chi connectivity index (χ0v) is 4.74. The molecule has 0 fully saturated rings. The lowest BCUT2D eigenvalue weighted by Gasteiger charge is -1.73. The normalized spacial score (nSPS) is 9.29. The molecule has 0 saturated heterocycles. The predicted octanol–water partition coefficient (Wildman–Crippen LogP) is -0.243. The van der Waals surface area contributed by atoms with Crippen molar-refractivity contribution in [2.45, 2.75) is 0 Å². The van der Waals surface area contributed by atoms with Gasteiger partial charge in [-0.1, -0.05) is 0 Å². The predicted molar refractivity (Wildman–Crippen MR) is 30.3 cm³/mol. The van der Waals surface area contributed by atoms with Gasteiger partial charge in [-0.3, -0.25) is 0 Å². The van der Waals surface area contributed by atoms with Gasteiger partial charge >= 0.3 is 0 Å². The van der Waals surface area contributed by atoms with E-state index in [-0.39, 0.29) is 0 Å². The maximum Gasteiger partial charge on any atom is 0.212 e. The van der Waals surface area contributed by atoms with Crippen LogP contribution in [0.1, 0.15) is 0 Å². The first kappa shape index (κ1) is 4.60. The fourth-order valence-corrected chi connectivity index (χ4v) is 0.511. The molecule has 1 atom stereocenters. The second kappa shape index (κ2) is 1.51. The largest absolute Gasteiger partial charge is 0.422 e. The average Bonchev–Trinajstić information content (AvgIpc) is 1.87. The summed E-state index contributed by atoms with van der Waals surface area (Å²) in [6.45, 7) is 0. The smallest absolute Gasteiger partial charge is 0.212 e. The number of hydrogen-bond donors (Lipinski definition) is 1. The Morgan fingerprint density at radius 3 is 2.71 bits per heavy atom. The highest BCUT2D eigenvalue weighted by Crippen LogP contribution is 1.95. The molecule has 1 aromatic rings. The van der Waals surface area contributed by atoms with Gasteiger partial charge in [0.2, 0.25) is 11.5 Å². The number of nitrogens with zero attached hydrogens (tertiary/aromatic N) is 1. The first-order valence-electron chi connectivity index (χ1n) is 1.76. The third-order valence-corrected chi connectivity index (χ3v) is 0.808. The van der Waals surface area contributed by atoms with Gasteiger partial charge in [0, 0.05) is 0 Å². The zero-order valence-electron chi connectivity index (χ0n) is 3.59. The molecule has 1 aromatic heterocycles. The van der Waals surface area contributed by atoms with Gasteiger partial charge in [-0.05, 0) is 9.24 Å². The minimum absolute atomic E-state index is 0.352. The summed E-state index contributed by atoms with van der Waals surface area (Å²) in [6.07, 6.45) is 1.46. The zero-order chi connectivity index (χ0) is 5.28. The molecule has 0 aliphatic heterocycles. The lowest BCUT2D eigenvalue weighted by atomic mass is 10.9. The number of rotatable bonds is 0. The SMILES string of the molecule is Nc1cnc(P)o1. The van der Waals surface area contributed by atoms with Crippen LogP contribution in [0, 0.1) is 0 Å². The van der Waals surface area contributed by atoms with E-state index < -0.39 is 0 Å². The number of aromatic nitrogens is 1. The van der Waals surface area contributed by atoms with E-state index in [1.54, 1.807) is 0 Å². The van der Waals surface area contributed by atoms with Crippen molar-refractivity contribution in [3.05, 3.63) is 6.20 Å². The van der Waals surface area contributed by atoms with E-state index in [0.717, 1.165) is 0 Å². The molecule has 4 heteroatoms. The van der Waals surface area contributed by atoms with Crippen LogP contribution in [-0.2, 0) is 0 Å². The van der Waals surface area contributed by atoms with Crippen LogP contribution >= 0.6 is 9.24 Å². The Balaban J connectivity index is 3.04. The number of hydrogen-bond acceptors (Lipinski definition) is 3. The second-order valence-electron chi connectivity index (χ2n) is 1.10. The summed E-state index contributed by atoms with van der Waals surface area (Å²) in [4.78, 5) is 3.69. The summed E-state index contributed by atoms with van der Waals surface area (Å²) in [5, 5.41) is 0. The molecule has 3 nitrogen and oxygen atoms in total. The van der Waals surface area contributed by atoms with Crippen molar-refractivity contribution in [1.82, 2.24) is 4.98 Å². The van der Waals surface area contributed by atoms with E-state index in [0.29, 0.717) is 11.5 Å². The van der Waals surface area contributed by atoms with Gasteiger partial charge in [0.1, 0.15) is 0 Å². The molecule has 0 bridgehead atoms. The van der Waals surface area contributed by atoms with Gasteiger partial charge in [-0.2, -0.15) is 0 Å². The Labute approximate surface area is 43.1 Å². The summed E-state index contributed by atoms with van der Waals surface area (Å²) < 4.78 is 4.71. The molecule has 0 saturated carbocycles. The minimum Gasteiger partial charge on any atom is -0.422 e. The van der Waals surface area contributed by atoms with Crippen molar-refractivity contribution in [3.8, 4) is 0 Å². The van der Waals surface area contributed by atoms with Crippen LogP contribution in [0.2, 0.25) is 0 Å². The first-order valence-corrected chi connectivity index (χ1v) is 2.33. The second-order valence-corrected chi connectivity index (χ2v) is 1.59. The molecule has 0 aromatic carbocycles. The van der Waals surface area contributed by atoms with Crippen molar-refractivity contribution >= 4 is 20.8 Å². The molecule has 0 amide bonds. The molecule has 38 valence electrons. The molecule has 7 heavy (non-hydrogen) atoms. The van der Waals surface area contributed by atoms with Gasteiger partial charge in [0.25, 0.3) is 0 Å². The Bertz CT molecular complexity index is 145. The lowest BCUT2D eigenvalue weighted by Crippen LogP contribution is -1.84. The fourth-order valence-electron chi connectivity index (χ4n) is 0.301. The summed E-state index contributed by atoms with van der Waals surface area (Å²) >= 11 is 0. The number of nitrogen functional groups attached to an aromatic ring is 1. The molecule has 0 aliphatic carbocycles. The third-order valence-electron chi connectivity index (χ3n) is 0.541. The number of nitrogens with two attached hydrogens (primary N) is 1. The van der Waals surface area contributed by atoms with Gasteiger partial charge in [0.15, 0.2) is 0 Å². The quantitative estimate of drug-likeness (QED) is 0.476. The standard InChI is InChI=1S/C3H5N2OP/c4-2-1-5-3(7)6-2/h1H,4,7H2. The maximum absolute atomic E-state index is 5.14. The highest BCUT2D eigenvalue weighted by Gasteiger charge is 1.88. The van der Waals surface area contributed by atoms with Crippen molar-refractivity contribution in [2.24, 2.45) is 0 Å². The van der Waals surface area contributed by atoms with E-state index in [1.165, 1.54) is 6.20 Å². The van der Waals surface area contributed by atoms with Crippen molar-refractivity contribution in [2.75, 3.05) is 5.73 Å². The van der Waals surface area contributed by atoms with Crippen molar-refractivity contribution in [3.63, 3.8) is 0 Å². The molecular formula is C3H5N2OP. The number of oxazole rings is 1. The highest BCUT2D eigenvalue weighted by molar-refractivity contribution is 7.26. The van der Waals surface area contributed by atoms with Crippen LogP contribution in [0.15, 0.2) is 10.6 Å². The Morgan fingerprint density at radius 1 is 1.86 bits per heavy atom. The van der Waals surface area contributed by atoms with Crippen LogP contribution in [0.3, 0.4) is 0 Å². The summed E-state index contributed by atoms with van der Waals surface area (Å²) in [6, 6.07) is 0. The Hall–Kier alpha value is -0.560. The summed E-state index contributed by atoms with van der Waals surface area (Å²) in [5.74, 6) is 0.352. The average molecular weight is 116 g/mol. The highest BCUT2D eigenvalue weighted by atomic mass is 31.0. The minimum atomic E-state index is 0.352. The molecule has 0 spiro atoms. The van der Waals surface area contributed by atoms with Crippen LogP contribution in [0.25, 0.3) is 0 Å². The first-order chi connectivity index (χ1) is 3.29. The van der Waals surface area contributed by atoms with Crippen LogP contribution < -0.4 is 11.4 Å². The van der Waals surface area contributed by atoms with E-state index >= 15 is 0 Å². The Kier molecular flexibility index (Phi) is 0.988. The van der Waals surface area contributed by atoms with E-state index in [9.17, 15) is 0 Å². The third kappa shape index (κ3) is 0.904. The van der Waals surface area contributed by atoms with Gasteiger partial charge < -0.3 is 10.2 Å². The molecular weight excluding hydrogens is 111 g/mol. The molecule has 0 aliphatic rings.